The summed E-state index contributed by atoms with van der Waals surface area (Å²) in [5.41, 5.74) is 5.00. The first-order valence-corrected chi connectivity index (χ1v) is 4.77. The maximum Gasteiger partial charge on any atom is 0.288 e. The zero-order chi connectivity index (χ0) is 11.7. The van der Waals surface area contributed by atoms with Crippen molar-refractivity contribution in [3.63, 3.8) is 0 Å². The Morgan fingerprint density at radius 1 is 1.75 bits per heavy atom. The van der Waals surface area contributed by atoms with Gasteiger partial charge < -0.3 is 20.7 Å². The maximum absolute atomic E-state index is 10.8. The van der Waals surface area contributed by atoms with E-state index in [0.717, 1.165) is 0 Å². The van der Waals surface area contributed by atoms with E-state index >= 15 is 0 Å². The molecule has 8 heteroatoms. The average molecular weight is 228 g/mol. The second kappa shape index (κ2) is 4.16. The molecule has 4 N–H and O–H groups in total. The topological polar surface area (TPSA) is 123 Å². The number of primary amides is 1. The van der Waals surface area contributed by atoms with Gasteiger partial charge in [-0.1, -0.05) is 0 Å². The Kier molecular flexibility index (Phi) is 2.86. The summed E-state index contributed by atoms with van der Waals surface area (Å²) in [5.74, 6) is -0.832. The van der Waals surface area contributed by atoms with E-state index in [2.05, 4.69) is 10.1 Å². The second-order valence-electron chi connectivity index (χ2n) is 3.53. The molecular formula is C8H12N4O4. The Bertz CT molecular complexity index is 393. The third kappa shape index (κ3) is 1.90. The summed E-state index contributed by atoms with van der Waals surface area (Å²) in [7, 11) is 0. The predicted molar refractivity (Wildman–Crippen MR) is 50.2 cm³/mol. The highest BCUT2D eigenvalue weighted by Crippen LogP contribution is 2.27. The van der Waals surface area contributed by atoms with Gasteiger partial charge in [-0.15, -0.1) is 5.10 Å². The minimum absolute atomic E-state index is 0.106. The highest BCUT2D eigenvalue weighted by Gasteiger charge is 2.35. The summed E-state index contributed by atoms with van der Waals surface area (Å²) in [4.78, 5) is 14.5. The largest absolute Gasteiger partial charge is 0.394 e. The normalized spacial score (nSPS) is 29.5. The van der Waals surface area contributed by atoms with Gasteiger partial charge in [0.2, 0.25) is 5.82 Å². The van der Waals surface area contributed by atoms with Crippen molar-refractivity contribution < 1.29 is 19.7 Å². The number of amides is 1. The van der Waals surface area contributed by atoms with Gasteiger partial charge in [0.05, 0.1) is 12.7 Å². The van der Waals surface area contributed by atoms with Crippen LogP contribution < -0.4 is 5.73 Å². The highest BCUT2D eigenvalue weighted by atomic mass is 16.5. The lowest BCUT2D eigenvalue weighted by Crippen LogP contribution is -2.24. The van der Waals surface area contributed by atoms with E-state index in [-0.39, 0.29) is 18.9 Å². The van der Waals surface area contributed by atoms with Crippen molar-refractivity contribution in [2.45, 2.75) is 24.9 Å². The molecule has 0 aliphatic carbocycles. The summed E-state index contributed by atoms with van der Waals surface area (Å²) in [6, 6.07) is 0. The van der Waals surface area contributed by atoms with Crippen molar-refractivity contribution in [2.24, 2.45) is 5.73 Å². The summed E-state index contributed by atoms with van der Waals surface area (Å²) >= 11 is 0. The van der Waals surface area contributed by atoms with Crippen LogP contribution in [0.25, 0.3) is 0 Å². The van der Waals surface area contributed by atoms with Crippen molar-refractivity contribution in [1.82, 2.24) is 14.8 Å². The number of aromatic nitrogens is 3. The first kappa shape index (κ1) is 11.0. The molecule has 0 bridgehead atoms. The molecule has 1 saturated heterocycles. The average Bonchev–Trinajstić information content (AvgIpc) is 2.83. The quantitative estimate of drug-likeness (QED) is 0.550. The van der Waals surface area contributed by atoms with E-state index in [1.54, 1.807) is 0 Å². The molecule has 1 amide bonds. The highest BCUT2D eigenvalue weighted by molar-refractivity contribution is 5.88. The fourth-order valence-electron chi connectivity index (χ4n) is 1.57. The van der Waals surface area contributed by atoms with Gasteiger partial charge in [0.25, 0.3) is 5.91 Å². The number of carbonyl (C=O) groups is 1. The van der Waals surface area contributed by atoms with Crippen LogP contribution >= 0.6 is 0 Å². The molecular weight excluding hydrogens is 216 g/mol. The van der Waals surface area contributed by atoms with Crippen molar-refractivity contribution in [2.75, 3.05) is 6.61 Å². The summed E-state index contributed by atoms with van der Waals surface area (Å²) in [6.07, 6.45) is -0.334. The van der Waals surface area contributed by atoms with E-state index in [0.29, 0.717) is 0 Å². The third-order valence-corrected chi connectivity index (χ3v) is 2.41. The van der Waals surface area contributed by atoms with E-state index in [4.69, 9.17) is 15.6 Å². The predicted octanol–water partition coefficient (Wildman–Crippen LogP) is -1.98. The Morgan fingerprint density at radius 3 is 3.00 bits per heavy atom. The third-order valence-electron chi connectivity index (χ3n) is 2.41. The zero-order valence-corrected chi connectivity index (χ0v) is 8.35. The number of hydrogen-bond acceptors (Lipinski definition) is 6. The van der Waals surface area contributed by atoms with Crippen LogP contribution in [0.15, 0.2) is 6.33 Å². The van der Waals surface area contributed by atoms with Crippen LogP contribution in [-0.2, 0) is 4.74 Å². The Labute approximate surface area is 90.6 Å². The molecule has 1 aromatic rings. The molecule has 0 spiro atoms. The van der Waals surface area contributed by atoms with Gasteiger partial charge in [-0.25, -0.2) is 9.67 Å². The minimum atomic E-state index is -0.753. The molecule has 0 radical (unpaired) electrons. The van der Waals surface area contributed by atoms with Crippen LogP contribution in [0.5, 0.6) is 0 Å². The molecule has 88 valence electrons. The van der Waals surface area contributed by atoms with Gasteiger partial charge in [0, 0.05) is 6.42 Å². The molecule has 16 heavy (non-hydrogen) atoms. The minimum Gasteiger partial charge on any atom is -0.394 e. The Morgan fingerprint density at radius 2 is 2.50 bits per heavy atom. The maximum atomic E-state index is 10.8. The van der Waals surface area contributed by atoms with Gasteiger partial charge in [-0.3, -0.25) is 4.79 Å². The molecule has 1 aliphatic heterocycles. The van der Waals surface area contributed by atoms with E-state index in [1.807, 2.05) is 0 Å². The smallest absolute Gasteiger partial charge is 0.288 e. The van der Waals surface area contributed by atoms with Crippen LogP contribution in [-0.4, -0.2) is 49.7 Å². The summed E-state index contributed by atoms with van der Waals surface area (Å²) in [5, 5.41) is 22.2. The van der Waals surface area contributed by atoms with Crippen LogP contribution in [0.2, 0.25) is 0 Å². The van der Waals surface area contributed by atoms with E-state index in [9.17, 15) is 9.90 Å². The fraction of sp³-hybridized carbons (Fsp3) is 0.625. The lowest BCUT2D eigenvalue weighted by Gasteiger charge is -2.11. The first-order chi connectivity index (χ1) is 7.61. The van der Waals surface area contributed by atoms with Gasteiger partial charge >= 0.3 is 0 Å². The molecule has 2 heterocycles. The van der Waals surface area contributed by atoms with Crippen molar-refractivity contribution >= 4 is 5.91 Å². The summed E-state index contributed by atoms with van der Waals surface area (Å²) < 4.78 is 6.61. The van der Waals surface area contributed by atoms with E-state index in [1.165, 1.54) is 11.0 Å². The van der Waals surface area contributed by atoms with Gasteiger partial charge in [0.15, 0.2) is 6.23 Å². The lowest BCUT2D eigenvalue weighted by atomic mass is 10.2. The molecule has 3 unspecified atom stereocenters. The SMILES string of the molecule is NC(=O)c1ncn(C2CC(O)C(CO)O2)n1. The zero-order valence-electron chi connectivity index (χ0n) is 8.35. The second-order valence-corrected chi connectivity index (χ2v) is 3.53. The van der Waals surface area contributed by atoms with Gasteiger partial charge in [-0.2, -0.15) is 0 Å². The molecule has 1 aliphatic rings. The number of ether oxygens (including phenoxy) is 1. The number of aliphatic hydroxyl groups is 2. The standard InChI is InChI=1S/C8H12N4O4/c9-7(15)8-10-3-12(11-8)6-1-4(14)5(2-13)16-6/h3-6,13-14H,1-2H2,(H2,9,15). The molecule has 3 atom stereocenters. The lowest BCUT2D eigenvalue weighted by molar-refractivity contribution is -0.0485. The summed E-state index contributed by atoms with van der Waals surface area (Å²) in [6.45, 7) is -0.269. The van der Waals surface area contributed by atoms with Crippen LogP contribution in [0.3, 0.4) is 0 Å². The molecule has 0 aromatic carbocycles. The fourth-order valence-corrected chi connectivity index (χ4v) is 1.57. The van der Waals surface area contributed by atoms with Crippen molar-refractivity contribution in [3.8, 4) is 0 Å². The molecule has 8 nitrogen and oxygen atoms in total. The van der Waals surface area contributed by atoms with Crippen LogP contribution in [0.1, 0.15) is 23.3 Å². The molecule has 1 aromatic heterocycles. The number of rotatable bonds is 3. The van der Waals surface area contributed by atoms with Gasteiger partial charge in [0.1, 0.15) is 12.4 Å². The van der Waals surface area contributed by atoms with Crippen molar-refractivity contribution in [3.05, 3.63) is 12.2 Å². The molecule has 0 saturated carbocycles. The molecule has 2 rings (SSSR count). The molecule has 1 fully saturated rings. The monoisotopic (exact) mass is 228 g/mol. The number of nitrogens with two attached hydrogens (primary N) is 1. The number of hydrogen-bond donors (Lipinski definition) is 3. The number of carbonyl (C=O) groups excluding carboxylic acids is 1. The number of nitrogens with zero attached hydrogens (tertiary/aromatic N) is 3. The van der Waals surface area contributed by atoms with Crippen molar-refractivity contribution in [1.29, 1.82) is 0 Å². The first-order valence-electron chi connectivity index (χ1n) is 4.77. The van der Waals surface area contributed by atoms with Gasteiger partial charge in [-0.05, 0) is 0 Å². The Hall–Kier alpha value is -1.51. The van der Waals surface area contributed by atoms with E-state index < -0.39 is 24.3 Å². The van der Waals surface area contributed by atoms with Crippen LogP contribution in [0, 0.1) is 0 Å². The number of aliphatic hydroxyl groups excluding tert-OH is 2. The van der Waals surface area contributed by atoms with Crippen LogP contribution in [0.4, 0.5) is 0 Å². The Balaban J connectivity index is 2.11.